The number of amidine groups is 1. The monoisotopic (exact) mass is 237 g/mol. The Labute approximate surface area is 98.0 Å². The minimum absolute atomic E-state index is 0.0104. The van der Waals surface area contributed by atoms with Gasteiger partial charge in [0.05, 0.1) is 5.71 Å². The zero-order valence-corrected chi connectivity index (χ0v) is 9.45. The zero-order chi connectivity index (χ0) is 12.4. The highest BCUT2D eigenvalue weighted by Gasteiger charge is 2.23. The third-order valence-corrected chi connectivity index (χ3v) is 2.83. The summed E-state index contributed by atoms with van der Waals surface area (Å²) in [5, 5.41) is 7.66. The number of hydrogen-bond donors (Lipinski definition) is 1. The van der Waals surface area contributed by atoms with E-state index in [-0.39, 0.29) is 11.5 Å². The van der Waals surface area contributed by atoms with E-state index in [0.717, 1.165) is 24.6 Å². The van der Waals surface area contributed by atoms with Crippen LogP contribution in [0, 0.1) is 17.6 Å². The molecule has 0 amide bonds. The highest BCUT2D eigenvalue weighted by atomic mass is 19.1. The summed E-state index contributed by atoms with van der Waals surface area (Å²) in [5.41, 5.74) is 6.23. The Morgan fingerprint density at radius 1 is 1.35 bits per heavy atom. The van der Waals surface area contributed by atoms with E-state index in [1.54, 1.807) is 0 Å². The van der Waals surface area contributed by atoms with E-state index >= 15 is 0 Å². The van der Waals surface area contributed by atoms with Crippen molar-refractivity contribution in [3.05, 3.63) is 35.4 Å². The molecular formula is C12H13F2N3. The molecule has 0 fully saturated rings. The van der Waals surface area contributed by atoms with E-state index < -0.39 is 11.6 Å². The van der Waals surface area contributed by atoms with Crippen molar-refractivity contribution < 1.29 is 8.78 Å². The number of halogens is 2. The standard InChI is InChI=1S/C12H13F2N3/c1-2-7-5-11(15)16-17-12(7)9-6-8(13)3-4-10(9)14/h3-4,6-7H,2,5H2,1H3,(H2,15,16). The molecule has 1 atom stereocenters. The van der Waals surface area contributed by atoms with Crippen molar-refractivity contribution in [3.8, 4) is 0 Å². The molecule has 0 aliphatic carbocycles. The first-order chi connectivity index (χ1) is 8.11. The fourth-order valence-electron chi connectivity index (χ4n) is 1.89. The lowest BCUT2D eigenvalue weighted by Gasteiger charge is -2.20. The van der Waals surface area contributed by atoms with Crippen LogP contribution < -0.4 is 5.73 Å². The molecule has 0 saturated carbocycles. The summed E-state index contributed by atoms with van der Waals surface area (Å²) in [6.07, 6.45) is 1.29. The molecule has 2 rings (SSSR count). The van der Waals surface area contributed by atoms with Crippen LogP contribution in [0.3, 0.4) is 0 Å². The van der Waals surface area contributed by atoms with Crippen molar-refractivity contribution in [2.45, 2.75) is 19.8 Å². The molecule has 1 heterocycles. The van der Waals surface area contributed by atoms with Gasteiger partial charge in [0, 0.05) is 17.9 Å². The molecule has 1 unspecified atom stereocenters. The first-order valence-electron chi connectivity index (χ1n) is 5.47. The second-order valence-electron chi connectivity index (χ2n) is 4.01. The molecule has 0 bridgehead atoms. The Bertz CT molecular complexity index is 495. The van der Waals surface area contributed by atoms with E-state index in [1.165, 1.54) is 0 Å². The van der Waals surface area contributed by atoms with Gasteiger partial charge in [0.1, 0.15) is 17.5 Å². The van der Waals surface area contributed by atoms with Crippen LogP contribution in [-0.2, 0) is 0 Å². The molecule has 17 heavy (non-hydrogen) atoms. The maximum absolute atomic E-state index is 13.6. The molecule has 0 radical (unpaired) electrons. The fourth-order valence-corrected chi connectivity index (χ4v) is 1.89. The largest absolute Gasteiger partial charge is 0.386 e. The zero-order valence-electron chi connectivity index (χ0n) is 9.45. The molecule has 0 saturated heterocycles. The van der Waals surface area contributed by atoms with Gasteiger partial charge >= 0.3 is 0 Å². The molecule has 0 spiro atoms. The number of rotatable bonds is 2. The SMILES string of the molecule is CCC1CC(N)=NN=C1c1cc(F)ccc1F. The fraction of sp³-hybridized carbons (Fsp3) is 0.333. The average Bonchev–Trinajstić information content (AvgIpc) is 2.32. The van der Waals surface area contributed by atoms with Crippen LogP contribution in [0.5, 0.6) is 0 Å². The topological polar surface area (TPSA) is 50.7 Å². The molecule has 1 aliphatic rings. The molecule has 3 nitrogen and oxygen atoms in total. The van der Waals surface area contributed by atoms with Crippen molar-refractivity contribution in [1.29, 1.82) is 0 Å². The quantitative estimate of drug-likeness (QED) is 0.843. The van der Waals surface area contributed by atoms with Crippen molar-refractivity contribution in [3.63, 3.8) is 0 Å². The summed E-state index contributed by atoms with van der Waals surface area (Å²) in [6, 6.07) is 3.33. The predicted molar refractivity (Wildman–Crippen MR) is 62.9 cm³/mol. The van der Waals surface area contributed by atoms with Crippen molar-refractivity contribution in [2.75, 3.05) is 0 Å². The van der Waals surface area contributed by atoms with Crippen molar-refractivity contribution >= 4 is 11.5 Å². The number of benzene rings is 1. The van der Waals surface area contributed by atoms with Gasteiger partial charge in [-0.15, -0.1) is 5.10 Å². The highest BCUT2D eigenvalue weighted by molar-refractivity contribution is 6.06. The Morgan fingerprint density at radius 2 is 2.12 bits per heavy atom. The summed E-state index contributed by atoms with van der Waals surface area (Å²) >= 11 is 0. The van der Waals surface area contributed by atoms with Gasteiger partial charge in [0.2, 0.25) is 0 Å². The Hall–Kier alpha value is -1.78. The van der Waals surface area contributed by atoms with Gasteiger partial charge in [-0.05, 0) is 24.6 Å². The van der Waals surface area contributed by atoms with E-state index in [1.807, 2.05) is 6.92 Å². The lowest BCUT2D eigenvalue weighted by molar-refractivity contribution is 0.592. The van der Waals surface area contributed by atoms with Gasteiger partial charge in [0.25, 0.3) is 0 Å². The summed E-state index contributed by atoms with van der Waals surface area (Å²) in [4.78, 5) is 0. The molecule has 1 aromatic rings. The molecule has 5 heteroatoms. The van der Waals surface area contributed by atoms with E-state index in [4.69, 9.17) is 5.73 Å². The van der Waals surface area contributed by atoms with Crippen LogP contribution in [0.25, 0.3) is 0 Å². The van der Waals surface area contributed by atoms with Crippen LogP contribution >= 0.6 is 0 Å². The molecular weight excluding hydrogens is 224 g/mol. The van der Waals surface area contributed by atoms with Gasteiger partial charge in [-0.3, -0.25) is 0 Å². The van der Waals surface area contributed by atoms with Crippen LogP contribution in [0.1, 0.15) is 25.3 Å². The Morgan fingerprint density at radius 3 is 2.82 bits per heavy atom. The molecule has 1 aliphatic heterocycles. The minimum Gasteiger partial charge on any atom is -0.386 e. The second-order valence-corrected chi connectivity index (χ2v) is 4.01. The van der Waals surface area contributed by atoms with Crippen LogP contribution in [0.2, 0.25) is 0 Å². The number of nitrogens with zero attached hydrogens (tertiary/aromatic N) is 2. The smallest absolute Gasteiger partial charge is 0.132 e. The van der Waals surface area contributed by atoms with Gasteiger partial charge in [-0.25, -0.2) is 8.78 Å². The molecule has 1 aromatic carbocycles. The Kier molecular flexibility index (Phi) is 3.17. The first-order valence-corrected chi connectivity index (χ1v) is 5.47. The summed E-state index contributed by atoms with van der Waals surface area (Å²) in [7, 11) is 0. The van der Waals surface area contributed by atoms with Crippen molar-refractivity contribution in [2.24, 2.45) is 21.9 Å². The maximum atomic E-state index is 13.6. The number of hydrogen-bond acceptors (Lipinski definition) is 3. The summed E-state index contributed by atoms with van der Waals surface area (Å²) < 4.78 is 26.8. The van der Waals surface area contributed by atoms with Crippen LogP contribution in [-0.4, -0.2) is 11.5 Å². The number of nitrogens with two attached hydrogens (primary N) is 1. The molecule has 2 N–H and O–H groups in total. The summed E-state index contributed by atoms with van der Waals surface area (Å²) in [5.74, 6) is -0.554. The van der Waals surface area contributed by atoms with E-state index in [9.17, 15) is 8.78 Å². The predicted octanol–water partition coefficient (Wildman–Crippen LogP) is 2.46. The van der Waals surface area contributed by atoms with Gasteiger partial charge in [-0.1, -0.05) is 6.92 Å². The van der Waals surface area contributed by atoms with E-state index in [2.05, 4.69) is 10.2 Å². The molecule has 90 valence electrons. The summed E-state index contributed by atoms with van der Waals surface area (Å²) in [6.45, 7) is 1.95. The third-order valence-electron chi connectivity index (χ3n) is 2.83. The maximum Gasteiger partial charge on any atom is 0.132 e. The van der Waals surface area contributed by atoms with Crippen molar-refractivity contribution in [1.82, 2.24) is 0 Å². The van der Waals surface area contributed by atoms with Crippen LogP contribution in [0.4, 0.5) is 8.78 Å². The lowest BCUT2D eigenvalue weighted by atomic mass is 9.90. The third kappa shape index (κ3) is 2.33. The van der Waals surface area contributed by atoms with Crippen LogP contribution in [0.15, 0.2) is 28.4 Å². The highest BCUT2D eigenvalue weighted by Crippen LogP contribution is 2.23. The second kappa shape index (κ2) is 4.61. The van der Waals surface area contributed by atoms with Gasteiger partial charge in [0.15, 0.2) is 0 Å². The van der Waals surface area contributed by atoms with Gasteiger partial charge in [-0.2, -0.15) is 5.10 Å². The Balaban J connectivity index is 2.47. The van der Waals surface area contributed by atoms with Gasteiger partial charge < -0.3 is 5.73 Å². The average molecular weight is 237 g/mol. The first kappa shape index (κ1) is 11.7. The minimum atomic E-state index is -0.487. The normalized spacial score (nSPS) is 19.8. The lowest BCUT2D eigenvalue weighted by Crippen LogP contribution is -2.27. The van der Waals surface area contributed by atoms with E-state index in [0.29, 0.717) is 18.0 Å². The molecule has 0 aromatic heterocycles.